The van der Waals surface area contributed by atoms with Gasteiger partial charge < -0.3 is 19.5 Å². The lowest BCUT2D eigenvalue weighted by Gasteiger charge is -2.15. The fourth-order valence-electron chi connectivity index (χ4n) is 1.26. The Morgan fingerprint density at radius 2 is 1.60 bits per heavy atom. The van der Waals surface area contributed by atoms with Crippen LogP contribution in [0.4, 0.5) is 5.69 Å². The number of ether oxygens (including phenoxy) is 3. The summed E-state index contributed by atoms with van der Waals surface area (Å²) in [5.74, 6) is 2.52. The molecule has 1 aromatic carbocycles. The van der Waals surface area contributed by atoms with Gasteiger partial charge in [0.2, 0.25) is 0 Å². The van der Waals surface area contributed by atoms with Crippen molar-refractivity contribution in [1.29, 1.82) is 0 Å². The summed E-state index contributed by atoms with van der Waals surface area (Å²) >= 11 is 4.10. The Labute approximate surface area is 94.9 Å². The van der Waals surface area contributed by atoms with Gasteiger partial charge in [0, 0.05) is 12.1 Å². The summed E-state index contributed by atoms with van der Waals surface area (Å²) in [5, 5.41) is 3.06. The van der Waals surface area contributed by atoms with Crippen molar-refractivity contribution in [3.8, 4) is 17.2 Å². The van der Waals surface area contributed by atoms with Crippen LogP contribution in [0.25, 0.3) is 0 Å². The van der Waals surface area contributed by atoms with E-state index in [1.54, 1.807) is 33.5 Å². The van der Waals surface area contributed by atoms with Gasteiger partial charge in [0.1, 0.15) is 22.9 Å². The van der Waals surface area contributed by atoms with E-state index in [9.17, 15) is 0 Å². The Morgan fingerprint density at radius 3 is 1.93 bits per heavy atom. The molecule has 0 atom stereocenters. The Hall–Kier alpha value is -1.23. The summed E-state index contributed by atoms with van der Waals surface area (Å²) in [6.07, 6.45) is 0. The molecule has 0 heterocycles. The highest BCUT2D eigenvalue weighted by atomic mass is 32.1. The predicted octanol–water partition coefficient (Wildman–Crippen LogP) is 2.01. The molecule has 0 aliphatic heterocycles. The molecule has 0 saturated carbocycles. The number of rotatable bonds is 5. The zero-order valence-corrected chi connectivity index (χ0v) is 9.93. The molecule has 0 bridgehead atoms. The summed E-state index contributed by atoms with van der Waals surface area (Å²) < 4.78 is 15.6. The zero-order chi connectivity index (χ0) is 11.3. The first-order chi connectivity index (χ1) is 7.26. The van der Waals surface area contributed by atoms with Crippen LogP contribution in [0.3, 0.4) is 0 Å². The van der Waals surface area contributed by atoms with Gasteiger partial charge in [0.05, 0.1) is 27.2 Å². The zero-order valence-electron chi connectivity index (χ0n) is 9.03. The third kappa shape index (κ3) is 2.62. The lowest BCUT2D eigenvalue weighted by molar-refractivity contribution is 0.378. The fourth-order valence-corrected chi connectivity index (χ4v) is 1.42. The summed E-state index contributed by atoms with van der Waals surface area (Å²) in [6, 6.07) is 3.57. The first-order valence-corrected chi connectivity index (χ1v) is 5.04. The van der Waals surface area contributed by atoms with Crippen LogP contribution in [0.1, 0.15) is 0 Å². The van der Waals surface area contributed by atoms with Crippen LogP contribution in [0.15, 0.2) is 12.1 Å². The highest BCUT2D eigenvalue weighted by Crippen LogP contribution is 2.38. The van der Waals surface area contributed by atoms with E-state index in [1.165, 1.54) is 0 Å². The van der Waals surface area contributed by atoms with E-state index in [-0.39, 0.29) is 0 Å². The van der Waals surface area contributed by atoms with E-state index in [0.29, 0.717) is 23.1 Å². The van der Waals surface area contributed by atoms with Crippen LogP contribution in [0.5, 0.6) is 17.2 Å². The smallest absolute Gasteiger partial charge is 0.149 e. The molecule has 1 aromatic rings. The molecule has 1 N–H and O–H groups in total. The van der Waals surface area contributed by atoms with E-state index < -0.39 is 0 Å². The molecule has 0 aromatic heterocycles. The second kappa shape index (κ2) is 5.60. The molecule has 0 amide bonds. The van der Waals surface area contributed by atoms with Gasteiger partial charge in [-0.15, -0.1) is 0 Å². The van der Waals surface area contributed by atoms with E-state index in [4.69, 9.17) is 14.2 Å². The van der Waals surface area contributed by atoms with Crippen LogP contribution < -0.4 is 19.5 Å². The number of benzene rings is 1. The number of anilines is 1. The van der Waals surface area contributed by atoms with Gasteiger partial charge in [-0.1, -0.05) is 0 Å². The lowest BCUT2D eigenvalue weighted by atomic mass is 10.2. The first kappa shape index (κ1) is 11.8. The standard InChI is InChI=1S/C10H15NO3S/c1-12-7-4-8(13-2)10(11-6-15)9(5-7)14-3/h4-5,11,15H,6H2,1-3H3. The normalized spacial score (nSPS) is 9.60. The number of thiol groups is 1. The maximum atomic E-state index is 5.23. The second-order valence-corrected chi connectivity index (χ2v) is 3.06. The Kier molecular flexibility index (Phi) is 4.42. The van der Waals surface area contributed by atoms with Crippen molar-refractivity contribution in [3.63, 3.8) is 0 Å². The fraction of sp³-hybridized carbons (Fsp3) is 0.400. The van der Waals surface area contributed by atoms with Gasteiger partial charge in [-0.05, 0) is 0 Å². The molecule has 1 rings (SSSR count). The van der Waals surface area contributed by atoms with Crippen LogP contribution in [-0.4, -0.2) is 27.2 Å². The van der Waals surface area contributed by atoms with Crippen molar-refractivity contribution >= 4 is 18.3 Å². The highest BCUT2D eigenvalue weighted by molar-refractivity contribution is 7.80. The largest absolute Gasteiger partial charge is 0.496 e. The summed E-state index contributed by atoms with van der Waals surface area (Å²) in [4.78, 5) is 0. The molecule has 5 heteroatoms. The summed E-state index contributed by atoms with van der Waals surface area (Å²) in [7, 11) is 4.79. The molecular formula is C10H15NO3S. The minimum absolute atomic E-state index is 0.499. The van der Waals surface area contributed by atoms with Gasteiger partial charge in [-0.25, -0.2) is 0 Å². The van der Waals surface area contributed by atoms with E-state index in [0.717, 1.165) is 5.69 Å². The van der Waals surface area contributed by atoms with E-state index >= 15 is 0 Å². The maximum absolute atomic E-state index is 5.23. The van der Waals surface area contributed by atoms with Crippen molar-refractivity contribution in [2.45, 2.75) is 0 Å². The van der Waals surface area contributed by atoms with Crippen LogP contribution in [0.2, 0.25) is 0 Å². The molecule has 0 spiro atoms. The SMILES string of the molecule is COc1cc(OC)c(NCS)c(OC)c1. The average molecular weight is 229 g/mol. The monoisotopic (exact) mass is 229 g/mol. The molecule has 0 aliphatic carbocycles. The van der Waals surface area contributed by atoms with Gasteiger partial charge >= 0.3 is 0 Å². The molecule has 0 saturated heterocycles. The quantitative estimate of drug-likeness (QED) is 0.598. The molecule has 0 radical (unpaired) electrons. The van der Waals surface area contributed by atoms with Gasteiger partial charge in [0.25, 0.3) is 0 Å². The third-order valence-corrected chi connectivity index (χ3v) is 2.13. The minimum atomic E-state index is 0.499. The van der Waals surface area contributed by atoms with Crippen LogP contribution in [-0.2, 0) is 0 Å². The van der Waals surface area contributed by atoms with Gasteiger partial charge in [0.15, 0.2) is 0 Å². The second-order valence-electron chi connectivity index (χ2n) is 2.74. The Morgan fingerprint density at radius 1 is 1.07 bits per heavy atom. The number of nitrogens with one attached hydrogen (secondary N) is 1. The Balaban J connectivity index is 3.19. The average Bonchev–Trinajstić information content (AvgIpc) is 2.29. The van der Waals surface area contributed by atoms with Crippen LogP contribution >= 0.6 is 12.6 Å². The summed E-state index contributed by atoms with van der Waals surface area (Å²) in [5.41, 5.74) is 0.774. The molecule has 84 valence electrons. The topological polar surface area (TPSA) is 39.7 Å². The highest BCUT2D eigenvalue weighted by Gasteiger charge is 2.11. The van der Waals surface area contributed by atoms with Crippen molar-refractivity contribution in [2.24, 2.45) is 0 Å². The van der Waals surface area contributed by atoms with E-state index in [2.05, 4.69) is 17.9 Å². The van der Waals surface area contributed by atoms with Crippen molar-refractivity contribution in [3.05, 3.63) is 12.1 Å². The van der Waals surface area contributed by atoms with E-state index in [1.807, 2.05) is 0 Å². The molecule has 0 fully saturated rings. The van der Waals surface area contributed by atoms with Gasteiger partial charge in [-0.2, -0.15) is 12.6 Å². The summed E-state index contributed by atoms with van der Waals surface area (Å²) in [6.45, 7) is 0. The maximum Gasteiger partial charge on any atom is 0.149 e. The lowest BCUT2D eigenvalue weighted by Crippen LogP contribution is -2.01. The molecule has 15 heavy (non-hydrogen) atoms. The Bertz CT molecular complexity index is 305. The third-order valence-electron chi connectivity index (χ3n) is 1.97. The number of hydrogen-bond donors (Lipinski definition) is 2. The molecule has 0 unspecified atom stereocenters. The van der Waals surface area contributed by atoms with Crippen molar-refractivity contribution in [2.75, 3.05) is 32.5 Å². The van der Waals surface area contributed by atoms with Crippen LogP contribution in [0, 0.1) is 0 Å². The molecule has 0 aliphatic rings. The predicted molar refractivity (Wildman–Crippen MR) is 63.6 cm³/mol. The first-order valence-electron chi connectivity index (χ1n) is 4.41. The van der Waals surface area contributed by atoms with Crippen molar-refractivity contribution < 1.29 is 14.2 Å². The number of methoxy groups -OCH3 is 3. The minimum Gasteiger partial charge on any atom is -0.496 e. The number of hydrogen-bond acceptors (Lipinski definition) is 5. The van der Waals surface area contributed by atoms with Gasteiger partial charge in [-0.3, -0.25) is 0 Å². The van der Waals surface area contributed by atoms with Crippen molar-refractivity contribution in [1.82, 2.24) is 0 Å². The molecule has 4 nitrogen and oxygen atoms in total. The molecular weight excluding hydrogens is 214 g/mol.